The van der Waals surface area contributed by atoms with E-state index in [2.05, 4.69) is 16.8 Å². The highest BCUT2D eigenvalue weighted by Gasteiger charge is 2.23. The number of benzene rings is 1. The molecule has 1 aliphatic rings. The van der Waals surface area contributed by atoms with Crippen molar-refractivity contribution >= 4 is 17.5 Å². The molecule has 1 aromatic carbocycles. The zero-order valence-corrected chi connectivity index (χ0v) is 17.0. The summed E-state index contributed by atoms with van der Waals surface area (Å²) in [4.78, 5) is 35.1. The second-order valence-corrected chi connectivity index (χ2v) is 7.30. The van der Waals surface area contributed by atoms with E-state index in [4.69, 9.17) is 0 Å². The molecule has 2 amide bonds. The summed E-state index contributed by atoms with van der Waals surface area (Å²) < 4.78 is 13.1. The Bertz CT molecular complexity index is 848. The molecule has 154 valence electrons. The Morgan fingerprint density at radius 1 is 1.07 bits per heavy atom. The van der Waals surface area contributed by atoms with Crippen LogP contribution in [-0.2, 0) is 0 Å². The van der Waals surface area contributed by atoms with E-state index in [1.807, 2.05) is 0 Å². The van der Waals surface area contributed by atoms with Crippen LogP contribution in [-0.4, -0.2) is 66.4 Å². The third-order valence-corrected chi connectivity index (χ3v) is 5.18. The summed E-state index contributed by atoms with van der Waals surface area (Å²) in [6.07, 6.45) is 4.97. The van der Waals surface area contributed by atoms with Crippen LogP contribution in [0.1, 0.15) is 40.5 Å². The lowest BCUT2D eigenvalue weighted by atomic mass is 10.1. The van der Waals surface area contributed by atoms with Gasteiger partial charge in [0.15, 0.2) is 0 Å². The van der Waals surface area contributed by atoms with Crippen molar-refractivity contribution < 1.29 is 14.0 Å². The number of halogens is 1. The number of carbonyl (C=O) groups is 2. The highest BCUT2D eigenvalue weighted by Crippen LogP contribution is 2.18. The molecule has 29 heavy (non-hydrogen) atoms. The number of piperazine rings is 1. The smallest absolute Gasteiger partial charge is 0.255 e. The summed E-state index contributed by atoms with van der Waals surface area (Å²) >= 11 is 0. The van der Waals surface area contributed by atoms with Crippen molar-refractivity contribution in [1.29, 1.82) is 0 Å². The van der Waals surface area contributed by atoms with Gasteiger partial charge in [0.05, 0.1) is 11.1 Å². The van der Waals surface area contributed by atoms with Crippen molar-refractivity contribution in [3.05, 3.63) is 59.7 Å². The minimum Gasteiger partial charge on any atom is -0.368 e. The minimum absolute atomic E-state index is 0.123. The van der Waals surface area contributed by atoms with Crippen molar-refractivity contribution in [3.63, 3.8) is 0 Å². The molecule has 0 bridgehead atoms. The fraction of sp³-hybridized carbons (Fsp3) is 0.409. The molecule has 0 N–H and O–H groups in total. The van der Waals surface area contributed by atoms with Gasteiger partial charge >= 0.3 is 0 Å². The van der Waals surface area contributed by atoms with Gasteiger partial charge in [-0.05, 0) is 36.8 Å². The van der Waals surface area contributed by atoms with Gasteiger partial charge < -0.3 is 14.7 Å². The molecule has 0 aliphatic carbocycles. The van der Waals surface area contributed by atoms with Crippen LogP contribution >= 0.6 is 0 Å². The Hall–Kier alpha value is -2.96. The highest BCUT2D eigenvalue weighted by atomic mass is 19.1. The standard InChI is InChI=1S/C22H27FN4O2/c1-3-4-9-25(2)21(28)17-14-18(16-24-15-17)22(29)27-12-10-26(11-13-27)20-7-5-19(23)6-8-20/h5-8,14-16H,3-4,9-13H2,1-2H3. The Labute approximate surface area is 170 Å². The topological polar surface area (TPSA) is 56.8 Å². The third kappa shape index (κ3) is 5.10. The van der Waals surface area contributed by atoms with E-state index < -0.39 is 0 Å². The number of rotatable bonds is 6. The fourth-order valence-electron chi connectivity index (χ4n) is 3.39. The van der Waals surface area contributed by atoms with Crippen LogP contribution in [0.2, 0.25) is 0 Å². The van der Waals surface area contributed by atoms with Gasteiger partial charge in [-0.2, -0.15) is 0 Å². The van der Waals surface area contributed by atoms with Gasteiger partial charge in [-0.15, -0.1) is 0 Å². The lowest BCUT2D eigenvalue weighted by Gasteiger charge is -2.36. The summed E-state index contributed by atoms with van der Waals surface area (Å²) in [7, 11) is 1.77. The van der Waals surface area contributed by atoms with Gasteiger partial charge in [0, 0.05) is 57.9 Å². The predicted octanol–water partition coefficient (Wildman–Crippen LogP) is 3.06. The van der Waals surface area contributed by atoms with Crippen LogP contribution in [0.15, 0.2) is 42.7 Å². The molecule has 0 radical (unpaired) electrons. The SMILES string of the molecule is CCCCN(C)C(=O)c1cncc(C(=O)N2CCN(c3ccc(F)cc3)CC2)c1. The molecular formula is C22H27FN4O2. The fourth-order valence-corrected chi connectivity index (χ4v) is 3.39. The van der Waals surface area contributed by atoms with Gasteiger partial charge in [0.1, 0.15) is 5.82 Å². The van der Waals surface area contributed by atoms with Gasteiger partial charge in [-0.25, -0.2) is 4.39 Å². The number of pyridine rings is 1. The maximum atomic E-state index is 13.1. The molecular weight excluding hydrogens is 371 g/mol. The molecule has 1 aliphatic heterocycles. The summed E-state index contributed by atoms with van der Waals surface area (Å²) in [6, 6.07) is 8.02. The van der Waals surface area contributed by atoms with Gasteiger partial charge in [0.2, 0.25) is 0 Å². The largest absolute Gasteiger partial charge is 0.368 e. The van der Waals surface area contributed by atoms with Crippen molar-refractivity contribution in [2.24, 2.45) is 0 Å². The Balaban J connectivity index is 1.62. The van der Waals surface area contributed by atoms with E-state index >= 15 is 0 Å². The van der Waals surface area contributed by atoms with Crippen LogP contribution in [0, 0.1) is 5.82 Å². The third-order valence-electron chi connectivity index (χ3n) is 5.18. The normalized spacial score (nSPS) is 14.0. The molecule has 0 unspecified atom stereocenters. The quantitative estimate of drug-likeness (QED) is 0.751. The first-order valence-corrected chi connectivity index (χ1v) is 10.00. The molecule has 0 saturated carbocycles. The van der Waals surface area contributed by atoms with Gasteiger partial charge in [0.25, 0.3) is 11.8 Å². The molecule has 0 spiro atoms. The number of unbranched alkanes of at least 4 members (excludes halogenated alkanes) is 1. The van der Waals surface area contributed by atoms with Crippen molar-refractivity contribution in [3.8, 4) is 0 Å². The maximum Gasteiger partial charge on any atom is 0.255 e. The second kappa shape index (κ2) is 9.49. The summed E-state index contributed by atoms with van der Waals surface area (Å²) in [5.41, 5.74) is 1.80. The zero-order valence-electron chi connectivity index (χ0n) is 17.0. The second-order valence-electron chi connectivity index (χ2n) is 7.30. The molecule has 1 aromatic heterocycles. The van der Waals surface area contributed by atoms with E-state index in [9.17, 15) is 14.0 Å². The van der Waals surface area contributed by atoms with Crippen molar-refractivity contribution in [2.45, 2.75) is 19.8 Å². The van der Waals surface area contributed by atoms with Crippen molar-refractivity contribution in [1.82, 2.24) is 14.8 Å². The maximum absolute atomic E-state index is 13.1. The average Bonchev–Trinajstić information content (AvgIpc) is 2.77. The number of anilines is 1. The van der Waals surface area contributed by atoms with E-state index in [0.29, 0.717) is 43.9 Å². The average molecular weight is 398 g/mol. The van der Waals surface area contributed by atoms with Crippen LogP contribution < -0.4 is 4.90 Å². The lowest BCUT2D eigenvalue weighted by molar-refractivity contribution is 0.0746. The van der Waals surface area contributed by atoms with E-state index in [1.54, 1.807) is 35.0 Å². The summed E-state index contributed by atoms with van der Waals surface area (Å²) in [5.74, 6) is -0.506. The number of hydrogen-bond acceptors (Lipinski definition) is 4. The molecule has 2 aromatic rings. The monoisotopic (exact) mass is 398 g/mol. The molecule has 7 heteroatoms. The Morgan fingerprint density at radius 3 is 2.38 bits per heavy atom. The first-order valence-electron chi connectivity index (χ1n) is 10.00. The number of nitrogens with zero attached hydrogens (tertiary/aromatic N) is 4. The molecule has 0 atom stereocenters. The first kappa shape index (κ1) is 20.8. The van der Waals surface area contributed by atoms with Crippen LogP contribution in [0.4, 0.5) is 10.1 Å². The molecule has 1 saturated heterocycles. The van der Waals surface area contributed by atoms with Crippen LogP contribution in [0.3, 0.4) is 0 Å². The van der Waals surface area contributed by atoms with Crippen LogP contribution in [0.5, 0.6) is 0 Å². The van der Waals surface area contributed by atoms with Crippen LogP contribution in [0.25, 0.3) is 0 Å². The van der Waals surface area contributed by atoms with Gasteiger partial charge in [-0.1, -0.05) is 13.3 Å². The number of hydrogen-bond donors (Lipinski definition) is 0. The Kier molecular flexibility index (Phi) is 6.80. The van der Waals surface area contributed by atoms with E-state index in [1.165, 1.54) is 24.5 Å². The predicted molar refractivity (Wildman–Crippen MR) is 111 cm³/mol. The van der Waals surface area contributed by atoms with E-state index in [-0.39, 0.29) is 17.6 Å². The summed E-state index contributed by atoms with van der Waals surface area (Å²) in [6.45, 7) is 5.22. The highest BCUT2D eigenvalue weighted by molar-refractivity contribution is 5.99. The molecule has 6 nitrogen and oxygen atoms in total. The molecule has 2 heterocycles. The van der Waals surface area contributed by atoms with E-state index in [0.717, 1.165) is 18.5 Å². The van der Waals surface area contributed by atoms with Crippen molar-refractivity contribution in [2.75, 3.05) is 44.7 Å². The first-order chi connectivity index (χ1) is 14.0. The van der Waals surface area contributed by atoms with Gasteiger partial charge in [-0.3, -0.25) is 14.6 Å². The molecule has 1 fully saturated rings. The number of aromatic nitrogens is 1. The molecule has 3 rings (SSSR count). The Morgan fingerprint density at radius 2 is 1.72 bits per heavy atom. The lowest BCUT2D eigenvalue weighted by Crippen LogP contribution is -2.48. The number of amides is 2. The summed E-state index contributed by atoms with van der Waals surface area (Å²) in [5, 5.41) is 0. The number of carbonyl (C=O) groups excluding carboxylic acids is 2. The zero-order chi connectivity index (χ0) is 20.8. The minimum atomic E-state index is -0.259.